The topological polar surface area (TPSA) is 164 Å². The molecule has 5 N–H and O–H groups in total. The van der Waals surface area contributed by atoms with E-state index in [1.165, 1.54) is 0 Å². The van der Waals surface area contributed by atoms with E-state index in [0.29, 0.717) is 0 Å². The predicted octanol–water partition coefficient (Wildman–Crippen LogP) is 5.07. The van der Waals surface area contributed by atoms with Crippen LogP contribution in [0.15, 0.2) is 91.0 Å². The molecule has 0 radical (unpaired) electrons. The first-order valence-corrected chi connectivity index (χ1v) is 19.3. The molecule has 6 atom stereocenters. The van der Waals surface area contributed by atoms with Crippen LogP contribution >= 0.6 is 0 Å². The number of likely N-dealkylation sites (N-methyl/N-ethyl adjacent to an activating group) is 1. The molecule has 4 rings (SSSR count). The second-order valence-corrected chi connectivity index (χ2v) is 15.2. The Kier molecular flexibility index (Phi) is 16.7. The van der Waals surface area contributed by atoms with E-state index in [1.54, 1.807) is 27.7 Å². The quantitative estimate of drug-likeness (QED) is 0.147. The standard InChI is InChI=1S/C43H59N5O7/c1-29(2)37(44)41(51)48(43(53)55-28-34-23-15-16-24-47(34)5)36(26-32-19-11-7-12-20-32)39(49)35(25-31-17-9-6-10-18-31)45-40(50)38(30(3)4)46-42(52)54-27-33-21-13-8-14-22-33/h6-14,17-22,29-30,34-39,49H,15-16,23-28,44H2,1-5H3,(H,45,50)(H,46,52)/t34?,35?,36?,37-,38-,39?/m0/s1. The van der Waals surface area contributed by atoms with E-state index in [2.05, 4.69) is 15.5 Å². The van der Waals surface area contributed by atoms with Crippen LogP contribution in [0.1, 0.15) is 63.6 Å². The van der Waals surface area contributed by atoms with Crippen LogP contribution in [0.3, 0.4) is 0 Å². The molecule has 4 unspecified atom stereocenters. The Hall–Kier alpha value is -4.78. The lowest BCUT2D eigenvalue weighted by Crippen LogP contribution is -2.63. The Labute approximate surface area is 325 Å². The summed E-state index contributed by atoms with van der Waals surface area (Å²) < 4.78 is 11.3. The third kappa shape index (κ3) is 12.9. The summed E-state index contributed by atoms with van der Waals surface area (Å²) in [6.45, 7) is 8.10. The zero-order valence-corrected chi connectivity index (χ0v) is 32.8. The maximum atomic E-state index is 14.3. The van der Waals surface area contributed by atoms with Gasteiger partial charge in [-0.05, 0) is 67.8 Å². The molecule has 55 heavy (non-hydrogen) atoms. The zero-order chi connectivity index (χ0) is 39.9. The monoisotopic (exact) mass is 757 g/mol. The molecule has 3 aromatic carbocycles. The van der Waals surface area contributed by atoms with E-state index >= 15 is 0 Å². The lowest BCUT2D eigenvalue weighted by molar-refractivity contribution is -0.137. The molecule has 1 aliphatic heterocycles. The lowest BCUT2D eigenvalue weighted by Gasteiger charge is -2.39. The Morgan fingerprint density at radius 3 is 1.91 bits per heavy atom. The Balaban J connectivity index is 1.68. The predicted molar refractivity (Wildman–Crippen MR) is 212 cm³/mol. The van der Waals surface area contributed by atoms with Gasteiger partial charge in [0.2, 0.25) is 11.8 Å². The Morgan fingerprint density at radius 2 is 1.36 bits per heavy atom. The maximum Gasteiger partial charge on any atom is 0.416 e. The third-order valence-electron chi connectivity index (χ3n) is 10.2. The number of aliphatic hydroxyl groups is 1. The van der Waals surface area contributed by atoms with Crippen LogP contribution in [0.5, 0.6) is 0 Å². The molecular formula is C43H59N5O7. The smallest absolute Gasteiger partial charge is 0.416 e. The first-order chi connectivity index (χ1) is 26.3. The van der Waals surface area contributed by atoms with Crippen molar-refractivity contribution in [1.82, 2.24) is 20.4 Å². The van der Waals surface area contributed by atoms with E-state index < -0.39 is 54.3 Å². The van der Waals surface area contributed by atoms with Crippen molar-refractivity contribution in [2.75, 3.05) is 20.2 Å². The minimum absolute atomic E-state index is 0.0177. The highest BCUT2D eigenvalue weighted by atomic mass is 16.6. The fourth-order valence-electron chi connectivity index (χ4n) is 6.74. The number of aliphatic hydroxyl groups excluding tert-OH is 1. The van der Waals surface area contributed by atoms with Crippen LogP contribution in [0.2, 0.25) is 0 Å². The summed E-state index contributed by atoms with van der Waals surface area (Å²) in [5.41, 5.74) is 8.77. The van der Waals surface area contributed by atoms with E-state index in [-0.39, 0.29) is 43.9 Å². The van der Waals surface area contributed by atoms with Gasteiger partial charge >= 0.3 is 12.2 Å². The number of rotatable bonds is 17. The van der Waals surface area contributed by atoms with Crippen LogP contribution < -0.4 is 16.4 Å². The lowest BCUT2D eigenvalue weighted by atomic mass is 9.90. The van der Waals surface area contributed by atoms with E-state index in [0.717, 1.165) is 47.4 Å². The van der Waals surface area contributed by atoms with Gasteiger partial charge in [0.1, 0.15) is 19.3 Å². The van der Waals surface area contributed by atoms with Crippen LogP contribution in [0.25, 0.3) is 0 Å². The van der Waals surface area contributed by atoms with Gasteiger partial charge in [-0.15, -0.1) is 0 Å². The molecule has 1 heterocycles. The number of amides is 4. The van der Waals surface area contributed by atoms with Crippen molar-refractivity contribution in [3.05, 3.63) is 108 Å². The fraction of sp³-hybridized carbons (Fsp3) is 0.488. The van der Waals surface area contributed by atoms with Gasteiger partial charge in [0.05, 0.1) is 24.2 Å². The maximum absolute atomic E-state index is 14.3. The number of piperidine rings is 1. The van der Waals surface area contributed by atoms with Crippen LogP contribution in [-0.2, 0) is 38.5 Å². The number of nitrogens with zero attached hydrogens (tertiary/aromatic N) is 2. The van der Waals surface area contributed by atoms with Crippen LogP contribution in [0, 0.1) is 11.8 Å². The Bertz CT molecular complexity index is 1640. The molecule has 12 nitrogen and oxygen atoms in total. The SMILES string of the molecule is CC(C)[C@H](N)C(=O)N(C(=O)OCC1CCCCN1C)C(Cc1ccccc1)C(O)C(Cc1ccccc1)NC(=O)[C@@H](NC(=O)OCc1ccccc1)C(C)C. The second-order valence-electron chi connectivity index (χ2n) is 15.2. The number of nitrogens with two attached hydrogens (primary N) is 1. The van der Waals surface area contributed by atoms with Gasteiger partial charge in [0, 0.05) is 6.04 Å². The molecule has 0 spiro atoms. The van der Waals surface area contributed by atoms with E-state index in [4.69, 9.17) is 15.2 Å². The van der Waals surface area contributed by atoms with Gasteiger partial charge in [-0.3, -0.25) is 9.59 Å². The number of ether oxygens (including phenoxy) is 2. The van der Waals surface area contributed by atoms with Crippen molar-refractivity contribution in [3.63, 3.8) is 0 Å². The summed E-state index contributed by atoms with van der Waals surface area (Å²) in [4.78, 5) is 58.7. The van der Waals surface area contributed by atoms with Crippen molar-refractivity contribution in [1.29, 1.82) is 0 Å². The number of nitrogens with one attached hydrogen (secondary N) is 2. The molecule has 0 aromatic heterocycles. The second kappa shape index (κ2) is 21.3. The number of alkyl carbamates (subject to hydrolysis) is 1. The number of benzene rings is 3. The first kappa shape index (κ1) is 43.0. The van der Waals surface area contributed by atoms with Gasteiger partial charge in [0.25, 0.3) is 0 Å². The molecule has 1 aliphatic rings. The summed E-state index contributed by atoms with van der Waals surface area (Å²) in [7, 11) is 1.98. The molecule has 1 fully saturated rings. The normalized spacial score (nSPS) is 17.4. The minimum Gasteiger partial charge on any atom is -0.447 e. The van der Waals surface area contributed by atoms with Crippen molar-refractivity contribution >= 4 is 24.0 Å². The summed E-state index contributed by atoms with van der Waals surface area (Å²) in [6.07, 6.45) is -0.0981. The van der Waals surface area contributed by atoms with Crippen molar-refractivity contribution in [2.24, 2.45) is 17.6 Å². The summed E-state index contributed by atoms with van der Waals surface area (Å²) >= 11 is 0. The van der Waals surface area contributed by atoms with Crippen molar-refractivity contribution < 1.29 is 33.8 Å². The Morgan fingerprint density at radius 1 is 0.800 bits per heavy atom. The minimum atomic E-state index is -1.50. The fourth-order valence-corrected chi connectivity index (χ4v) is 6.74. The molecule has 12 heteroatoms. The summed E-state index contributed by atoms with van der Waals surface area (Å²) in [5, 5.41) is 18.2. The highest BCUT2D eigenvalue weighted by molar-refractivity contribution is 5.95. The average molecular weight is 758 g/mol. The van der Waals surface area contributed by atoms with Gasteiger partial charge in [-0.1, -0.05) is 125 Å². The van der Waals surface area contributed by atoms with Gasteiger partial charge < -0.3 is 35.8 Å². The number of hydrogen-bond donors (Lipinski definition) is 4. The largest absolute Gasteiger partial charge is 0.447 e. The highest BCUT2D eigenvalue weighted by Crippen LogP contribution is 2.23. The summed E-state index contributed by atoms with van der Waals surface area (Å²) in [6, 6.07) is 23.3. The van der Waals surface area contributed by atoms with Crippen molar-refractivity contribution in [3.8, 4) is 0 Å². The van der Waals surface area contributed by atoms with Gasteiger partial charge in [-0.2, -0.15) is 0 Å². The van der Waals surface area contributed by atoms with Gasteiger partial charge in [-0.25, -0.2) is 14.5 Å². The molecule has 0 saturated carbocycles. The number of carbonyl (C=O) groups excluding carboxylic acids is 4. The van der Waals surface area contributed by atoms with Crippen molar-refractivity contribution in [2.45, 2.75) is 103 Å². The van der Waals surface area contributed by atoms with E-state index in [9.17, 15) is 24.3 Å². The van der Waals surface area contributed by atoms with Crippen LogP contribution in [-0.4, -0.2) is 95.4 Å². The molecule has 298 valence electrons. The molecule has 0 aliphatic carbocycles. The first-order valence-electron chi connectivity index (χ1n) is 19.3. The van der Waals surface area contributed by atoms with Crippen LogP contribution in [0.4, 0.5) is 9.59 Å². The molecular weight excluding hydrogens is 699 g/mol. The molecule has 0 bridgehead atoms. The molecule has 1 saturated heterocycles. The number of imide groups is 1. The number of carbonyl (C=O) groups is 4. The summed E-state index contributed by atoms with van der Waals surface area (Å²) in [5.74, 6) is -1.95. The highest BCUT2D eigenvalue weighted by Gasteiger charge is 2.43. The average Bonchev–Trinajstić information content (AvgIpc) is 3.18. The van der Waals surface area contributed by atoms with Gasteiger partial charge in [0.15, 0.2) is 0 Å². The molecule has 3 aromatic rings. The zero-order valence-electron chi connectivity index (χ0n) is 32.8. The third-order valence-corrected chi connectivity index (χ3v) is 10.2. The number of likely N-dealkylation sites (tertiary alicyclic amines) is 1. The molecule has 4 amide bonds. The number of hydrogen-bond acceptors (Lipinski definition) is 9. The van der Waals surface area contributed by atoms with E-state index in [1.807, 2.05) is 98.0 Å².